The molecule has 1 amide bonds. The smallest absolute Gasteiger partial charge is 0.337 e. The summed E-state index contributed by atoms with van der Waals surface area (Å²) in [5.41, 5.74) is 1.64. The fourth-order valence-electron chi connectivity index (χ4n) is 3.18. The predicted octanol–water partition coefficient (Wildman–Crippen LogP) is 4.87. The summed E-state index contributed by atoms with van der Waals surface area (Å²) >= 11 is 1.56. The maximum Gasteiger partial charge on any atom is 0.337 e. The van der Waals surface area contributed by atoms with Crippen LogP contribution in [0, 0.1) is 0 Å². The second kappa shape index (κ2) is 8.95. The van der Waals surface area contributed by atoms with Crippen molar-refractivity contribution in [3.63, 3.8) is 0 Å². The third-order valence-corrected chi connectivity index (χ3v) is 5.66. The number of nitrogens with one attached hydrogen (secondary N) is 1. The van der Waals surface area contributed by atoms with Crippen LogP contribution in [0.25, 0.3) is 0 Å². The van der Waals surface area contributed by atoms with Gasteiger partial charge in [-0.05, 0) is 49.6 Å². The number of amides is 1. The maximum atomic E-state index is 11.6. The van der Waals surface area contributed by atoms with Crippen LogP contribution in [0.5, 0.6) is 0 Å². The van der Waals surface area contributed by atoms with Crippen molar-refractivity contribution in [2.24, 2.45) is 0 Å². The van der Waals surface area contributed by atoms with Crippen molar-refractivity contribution in [1.82, 2.24) is 0 Å². The van der Waals surface area contributed by atoms with E-state index >= 15 is 0 Å². The van der Waals surface area contributed by atoms with Crippen molar-refractivity contribution < 1.29 is 14.7 Å². The van der Waals surface area contributed by atoms with E-state index in [2.05, 4.69) is 22.3 Å². The Labute approximate surface area is 163 Å². The number of hydrogen-bond donors (Lipinski definition) is 2. The first-order valence-corrected chi connectivity index (χ1v) is 10.1. The van der Waals surface area contributed by atoms with Crippen LogP contribution in [0.4, 0.5) is 11.4 Å². The van der Waals surface area contributed by atoms with E-state index in [9.17, 15) is 14.7 Å². The standard InChI is InChI=1S/C21H24N2O3S/c1-2-20(24)22-17-11-10-15(14-16(17)21(25)26)27-19-9-5-4-8-18(19)23-12-6-3-7-13-23/h4-5,8-11,14H,2-3,6-7,12-13H2,1H3,(H,22,24)(H,25,26). The van der Waals surface area contributed by atoms with Crippen molar-refractivity contribution in [3.8, 4) is 0 Å². The van der Waals surface area contributed by atoms with Gasteiger partial charge in [-0.2, -0.15) is 0 Å². The third-order valence-electron chi connectivity index (χ3n) is 4.61. The summed E-state index contributed by atoms with van der Waals surface area (Å²) in [6.07, 6.45) is 3.99. The van der Waals surface area contributed by atoms with Crippen LogP contribution >= 0.6 is 11.8 Å². The first-order chi connectivity index (χ1) is 13.1. The molecule has 0 bridgehead atoms. The molecule has 0 saturated carbocycles. The van der Waals surface area contributed by atoms with Crippen molar-refractivity contribution in [2.45, 2.75) is 42.4 Å². The molecule has 142 valence electrons. The van der Waals surface area contributed by atoms with Gasteiger partial charge in [-0.3, -0.25) is 4.79 Å². The number of benzene rings is 2. The van der Waals surface area contributed by atoms with E-state index in [4.69, 9.17) is 0 Å². The van der Waals surface area contributed by atoms with E-state index in [-0.39, 0.29) is 11.5 Å². The van der Waals surface area contributed by atoms with Gasteiger partial charge in [0.05, 0.1) is 16.9 Å². The number of nitrogens with zero attached hydrogens (tertiary/aromatic N) is 1. The van der Waals surface area contributed by atoms with Gasteiger partial charge in [0, 0.05) is 29.3 Å². The Bertz CT molecular complexity index is 832. The summed E-state index contributed by atoms with van der Waals surface area (Å²) in [6.45, 7) is 3.84. The number of carboxylic acid groups (broad SMARTS) is 1. The first-order valence-electron chi connectivity index (χ1n) is 9.27. The molecular weight excluding hydrogens is 360 g/mol. The molecule has 3 rings (SSSR count). The average molecular weight is 385 g/mol. The topological polar surface area (TPSA) is 69.6 Å². The molecule has 0 atom stereocenters. The minimum atomic E-state index is -1.05. The number of anilines is 2. The molecule has 1 aliphatic rings. The Morgan fingerprint density at radius 3 is 2.56 bits per heavy atom. The van der Waals surface area contributed by atoms with Gasteiger partial charge in [-0.15, -0.1) is 0 Å². The number of aromatic carboxylic acids is 1. The van der Waals surface area contributed by atoms with Crippen LogP contribution in [-0.4, -0.2) is 30.1 Å². The minimum Gasteiger partial charge on any atom is -0.478 e. The van der Waals surface area contributed by atoms with E-state index < -0.39 is 5.97 Å². The molecule has 0 unspecified atom stereocenters. The third kappa shape index (κ3) is 4.83. The van der Waals surface area contributed by atoms with E-state index in [0.717, 1.165) is 22.9 Å². The summed E-state index contributed by atoms with van der Waals surface area (Å²) in [4.78, 5) is 27.6. The monoisotopic (exact) mass is 384 g/mol. The van der Waals surface area contributed by atoms with E-state index in [1.807, 2.05) is 18.2 Å². The van der Waals surface area contributed by atoms with Crippen molar-refractivity contribution in [1.29, 1.82) is 0 Å². The fourth-order valence-corrected chi connectivity index (χ4v) is 4.19. The Morgan fingerprint density at radius 1 is 1.11 bits per heavy atom. The lowest BCUT2D eigenvalue weighted by Crippen LogP contribution is -2.29. The lowest BCUT2D eigenvalue weighted by molar-refractivity contribution is -0.115. The highest BCUT2D eigenvalue weighted by Gasteiger charge is 2.17. The predicted molar refractivity (Wildman–Crippen MR) is 109 cm³/mol. The number of hydrogen-bond acceptors (Lipinski definition) is 4. The molecule has 0 radical (unpaired) electrons. The number of carbonyl (C=O) groups is 2. The van der Waals surface area contributed by atoms with E-state index in [0.29, 0.717) is 12.1 Å². The summed E-state index contributed by atoms with van der Waals surface area (Å²) in [7, 11) is 0. The highest BCUT2D eigenvalue weighted by molar-refractivity contribution is 7.99. The van der Waals surface area contributed by atoms with Gasteiger partial charge in [0.25, 0.3) is 0 Å². The lowest BCUT2D eigenvalue weighted by Gasteiger charge is -2.30. The maximum absolute atomic E-state index is 11.6. The summed E-state index contributed by atoms with van der Waals surface area (Å²) in [6, 6.07) is 13.4. The number of piperidine rings is 1. The number of para-hydroxylation sites is 1. The quantitative estimate of drug-likeness (QED) is 0.743. The van der Waals surface area contributed by atoms with Crippen LogP contribution in [0.15, 0.2) is 52.3 Å². The molecule has 1 fully saturated rings. The molecule has 1 heterocycles. The average Bonchev–Trinajstić information content (AvgIpc) is 2.70. The van der Waals surface area contributed by atoms with Crippen LogP contribution in [0.3, 0.4) is 0 Å². The van der Waals surface area contributed by atoms with Crippen molar-refractivity contribution >= 4 is 35.0 Å². The molecule has 2 aromatic rings. The van der Waals surface area contributed by atoms with Crippen molar-refractivity contribution in [2.75, 3.05) is 23.3 Å². The summed E-state index contributed by atoms with van der Waals surface area (Å²) in [5.74, 6) is -1.25. The van der Waals surface area contributed by atoms with Gasteiger partial charge in [0.1, 0.15) is 0 Å². The first kappa shape index (κ1) is 19.3. The zero-order chi connectivity index (χ0) is 19.2. The molecule has 1 saturated heterocycles. The van der Waals surface area contributed by atoms with Gasteiger partial charge >= 0.3 is 5.97 Å². The summed E-state index contributed by atoms with van der Waals surface area (Å²) < 4.78 is 0. The molecule has 1 aliphatic heterocycles. The van der Waals surface area contributed by atoms with Gasteiger partial charge in [0.15, 0.2) is 0 Å². The van der Waals surface area contributed by atoms with Crippen molar-refractivity contribution in [3.05, 3.63) is 48.0 Å². The molecule has 5 nitrogen and oxygen atoms in total. The Balaban J connectivity index is 1.87. The zero-order valence-electron chi connectivity index (χ0n) is 15.4. The van der Waals surface area contributed by atoms with Crippen LogP contribution in [0.2, 0.25) is 0 Å². The van der Waals surface area contributed by atoms with Gasteiger partial charge in [-0.1, -0.05) is 30.8 Å². The Hall–Kier alpha value is -2.47. The molecule has 2 aromatic carbocycles. The highest BCUT2D eigenvalue weighted by atomic mass is 32.2. The normalized spacial score (nSPS) is 14.0. The lowest BCUT2D eigenvalue weighted by atomic mass is 10.1. The molecule has 0 spiro atoms. The second-order valence-corrected chi connectivity index (χ2v) is 7.65. The van der Waals surface area contributed by atoms with Crippen LogP contribution in [-0.2, 0) is 4.79 Å². The molecule has 0 aliphatic carbocycles. The fraction of sp³-hybridized carbons (Fsp3) is 0.333. The van der Waals surface area contributed by atoms with E-state index in [1.54, 1.807) is 30.8 Å². The molecule has 27 heavy (non-hydrogen) atoms. The number of carbonyl (C=O) groups excluding carboxylic acids is 1. The Kier molecular flexibility index (Phi) is 6.40. The largest absolute Gasteiger partial charge is 0.478 e. The summed E-state index contributed by atoms with van der Waals surface area (Å²) in [5, 5.41) is 12.2. The SMILES string of the molecule is CCC(=O)Nc1ccc(Sc2ccccc2N2CCCCC2)cc1C(=O)O. The van der Waals surface area contributed by atoms with Gasteiger partial charge < -0.3 is 15.3 Å². The zero-order valence-corrected chi connectivity index (χ0v) is 16.2. The van der Waals surface area contributed by atoms with Gasteiger partial charge in [0.2, 0.25) is 5.91 Å². The van der Waals surface area contributed by atoms with E-state index in [1.165, 1.54) is 24.9 Å². The number of rotatable bonds is 6. The highest BCUT2D eigenvalue weighted by Crippen LogP contribution is 2.37. The molecule has 6 heteroatoms. The Morgan fingerprint density at radius 2 is 1.85 bits per heavy atom. The van der Waals surface area contributed by atoms with Gasteiger partial charge in [-0.25, -0.2) is 4.79 Å². The van der Waals surface area contributed by atoms with Crippen LogP contribution in [0.1, 0.15) is 43.0 Å². The number of carboxylic acids is 1. The minimum absolute atomic E-state index is 0.109. The molecule has 2 N–H and O–H groups in total. The molecular formula is C21H24N2O3S. The van der Waals surface area contributed by atoms with Crippen LogP contribution < -0.4 is 10.2 Å². The second-order valence-electron chi connectivity index (χ2n) is 6.53. The molecule has 0 aromatic heterocycles.